The smallest absolute Gasteiger partial charge is 0.227 e. The molecule has 6 nitrogen and oxygen atoms in total. The zero-order valence-corrected chi connectivity index (χ0v) is 18.2. The molecule has 0 aliphatic carbocycles. The van der Waals surface area contributed by atoms with E-state index in [0.29, 0.717) is 19.1 Å². The summed E-state index contributed by atoms with van der Waals surface area (Å²) in [6.45, 7) is 5.18. The van der Waals surface area contributed by atoms with Gasteiger partial charge in [-0.1, -0.05) is 48.5 Å². The lowest BCUT2D eigenvalue weighted by Gasteiger charge is -2.40. The Bertz CT molecular complexity index is 874. The molecule has 2 aliphatic heterocycles. The van der Waals surface area contributed by atoms with Gasteiger partial charge in [0.15, 0.2) is 0 Å². The van der Waals surface area contributed by atoms with Gasteiger partial charge in [0.25, 0.3) is 0 Å². The largest absolute Gasteiger partial charge is 0.356 e. The van der Waals surface area contributed by atoms with E-state index in [1.807, 2.05) is 30.3 Å². The fourth-order valence-corrected chi connectivity index (χ4v) is 4.59. The average molecular weight is 421 g/mol. The molecule has 2 saturated heterocycles. The molecular formula is C25H32N4O2. The number of hydrogen-bond donors (Lipinski definition) is 1. The Morgan fingerprint density at radius 3 is 2.45 bits per heavy atom. The van der Waals surface area contributed by atoms with E-state index in [1.54, 1.807) is 4.90 Å². The van der Waals surface area contributed by atoms with Crippen LogP contribution in [0, 0.1) is 5.92 Å². The molecule has 2 aromatic rings. The second-order valence-corrected chi connectivity index (χ2v) is 8.61. The Balaban J connectivity index is 1.25. The summed E-state index contributed by atoms with van der Waals surface area (Å²) >= 11 is 0. The van der Waals surface area contributed by atoms with E-state index in [1.165, 1.54) is 5.56 Å². The average Bonchev–Trinajstić information content (AvgIpc) is 3.20. The predicted octanol–water partition coefficient (Wildman–Crippen LogP) is 2.53. The molecule has 2 atom stereocenters. The molecule has 164 valence electrons. The van der Waals surface area contributed by atoms with Crippen molar-refractivity contribution in [2.75, 3.05) is 51.2 Å². The van der Waals surface area contributed by atoms with Crippen LogP contribution < -0.4 is 10.2 Å². The number of carbonyl (C=O) groups excluding carboxylic acids is 2. The molecule has 0 unspecified atom stereocenters. The monoisotopic (exact) mass is 420 g/mol. The maximum absolute atomic E-state index is 12.6. The van der Waals surface area contributed by atoms with E-state index in [2.05, 4.69) is 52.5 Å². The summed E-state index contributed by atoms with van der Waals surface area (Å²) in [5.74, 6) is -0.257. The number of para-hydroxylation sites is 1. The Kier molecular flexibility index (Phi) is 6.99. The summed E-state index contributed by atoms with van der Waals surface area (Å²) in [6, 6.07) is 20.6. The summed E-state index contributed by atoms with van der Waals surface area (Å²) in [5.41, 5.74) is 2.22. The second kappa shape index (κ2) is 10.1. The van der Waals surface area contributed by atoms with Crippen LogP contribution in [0.4, 0.5) is 5.69 Å². The van der Waals surface area contributed by atoms with Gasteiger partial charge < -0.3 is 15.1 Å². The number of piperazine rings is 1. The van der Waals surface area contributed by atoms with E-state index >= 15 is 0 Å². The first-order chi connectivity index (χ1) is 15.1. The Labute approximate surface area is 184 Å². The number of amides is 2. The van der Waals surface area contributed by atoms with E-state index in [-0.39, 0.29) is 24.2 Å². The highest BCUT2D eigenvalue weighted by Gasteiger charge is 2.35. The minimum Gasteiger partial charge on any atom is -0.356 e. The molecule has 0 radical (unpaired) electrons. The molecule has 2 fully saturated rings. The van der Waals surface area contributed by atoms with Crippen molar-refractivity contribution in [1.82, 2.24) is 15.1 Å². The van der Waals surface area contributed by atoms with Gasteiger partial charge >= 0.3 is 0 Å². The first-order valence-corrected chi connectivity index (χ1v) is 11.2. The van der Waals surface area contributed by atoms with Crippen LogP contribution >= 0.6 is 0 Å². The third-order valence-electron chi connectivity index (χ3n) is 6.36. The summed E-state index contributed by atoms with van der Waals surface area (Å²) in [6.07, 6.45) is 1.19. The van der Waals surface area contributed by atoms with Gasteiger partial charge in [-0.25, -0.2) is 0 Å². The topological polar surface area (TPSA) is 55.9 Å². The number of nitrogens with one attached hydrogen (secondary N) is 1. The number of hydrogen-bond acceptors (Lipinski definition) is 4. The minimum absolute atomic E-state index is 0.00947. The van der Waals surface area contributed by atoms with Crippen molar-refractivity contribution in [1.29, 1.82) is 0 Å². The summed E-state index contributed by atoms with van der Waals surface area (Å²) < 4.78 is 0. The number of likely N-dealkylation sites (N-methyl/N-ethyl adjacent to an activating group) is 1. The lowest BCUT2D eigenvalue weighted by molar-refractivity contribution is -0.126. The van der Waals surface area contributed by atoms with Crippen LogP contribution in [0.5, 0.6) is 0 Å². The zero-order valence-electron chi connectivity index (χ0n) is 18.2. The highest BCUT2D eigenvalue weighted by molar-refractivity contribution is 6.00. The highest BCUT2D eigenvalue weighted by atomic mass is 16.2. The molecule has 6 heteroatoms. The molecule has 31 heavy (non-hydrogen) atoms. The van der Waals surface area contributed by atoms with Crippen molar-refractivity contribution in [3.05, 3.63) is 66.2 Å². The van der Waals surface area contributed by atoms with E-state index in [4.69, 9.17) is 0 Å². The van der Waals surface area contributed by atoms with Crippen molar-refractivity contribution < 1.29 is 9.59 Å². The van der Waals surface area contributed by atoms with Gasteiger partial charge in [-0.3, -0.25) is 14.5 Å². The van der Waals surface area contributed by atoms with Crippen molar-refractivity contribution in [3.63, 3.8) is 0 Å². The molecule has 4 rings (SSSR count). The van der Waals surface area contributed by atoms with Crippen LogP contribution in [0.2, 0.25) is 0 Å². The van der Waals surface area contributed by atoms with Crippen molar-refractivity contribution in [2.24, 2.45) is 5.92 Å². The number of carbonyl (C=O) groups is 2. The van der Waals surface area contributed by atoms with Gasteiger partial charge in [-0.2, -0.15) is 0 Å². The van der Waals surface area contributed by atoms with Crippen molar-refractivity contribution in [3.8, 4) is 0 Å². The molecule has 2 heterocycles. The molecule has 0 spiro atoms. The summed E-state index contributed by atoms with van der Waals surface area (Å²) in [5, 5.41) is 3.07. The fraction of sp³-hybridized carbons (Fsp3) is 0.440. The molecule has 0 saturated carbocycles. The molecule has 1 N–H and O–H groups in total. The summed E-state index contributed by atoms with van der Waals surface area (Å²) in [7, 11) is 2.18. The third kappa shape index (κ3) is 5.32. The quantitative estimate of drug-likeness (QED) is 0.700. The maximum Gasteiger partial charge on any atom is 0.227 e. The third-order valence-corrected chi connectivity index (χ3v) is 6.36. The second-order valence-electron chi connectivity index (χ2n) is 8.61. The Hall–Kier alpha value is -2.70. The lowest BCUT2D eigenvalue weighted by Crippen LogP contribution is -2.47. The number of anilines is 1. The minimum atomic E-state index is -0.270. The van der Waals surface area contributed by atoms with Gasteiger partial charge in [0.2, 0.25) is 11.8 Å². The standard InChI is InChI=1S/C25H32N4O2/c1-27-15-16-28(23(19-27)20-9-4-2-5-10-20)14-8-13-26-25(31)21-17-24(30)29(18-21)22-11-6-3-7-12-22/h2-7,9-12,21,23H,8,13-19H2,1H3,(H,26,31)/t21-,23+/m1/s1. The van der Waals surface area contributed by atoms with E-state index in [9.17, 15) is 9.59 Å². The Morgan fingerprint density at radius 1 is 1.00 bits per heavy atom. The van der Waals surface area contributed by atoms with Crippen LogP contribution in [0.1, 0.15) is 24.4 Å². The van der Waals surface area contributed by atoms with Gasteiger partial charge in [-0.15, -0.1) is 0 Å². The number of rotatable bonds is 7. The highest BCUT2D eigenvalue weighted by Crippen LogP contribution is 2.26. The van der Waals surface area contributed by atoms with E-state index < -0.39 is 0 Å². The first-order valence-electron chi connectivity index (χ1n) is 11.2. The molecule has 2 aliphatic rings. The molecule has 0 bridgehead atoms. The van der Waals surface area contributed by atoms with Crippen LogP contribution in [-0.2, 0) is 9.59 Å². The lowest BCUT2D eigenvalue weighted by atomic mass is 10.0. The molecular weight excluding hydrogens is 388 g/mol. The van der Waals surface area contributed by atoms with Crippen LogP contribution in [0.3, 0.4) is 0 Å². The summed E-state index contributed by atoms with van der Waals surface area (Å²) in [4.78, 5) is 31.6. The maximum atomic E-state index is 12.6. The fourth-order valence-electron chi connectivity index (χ4n) is 4.59. The zero-order chi connectivity index (χ0) is 21.6. The van der Waals surface area contributed by atoms with Gasteiger partial charge in [0.1, 0.15) is 0 Å². The van der Waals surface area contributed by atoms with Crippen molar-refractivity contribution >= 4 is 17.5 Å². The number of nitrogens with zero attached hydrogens (tertiary/aromatic N) is 3. The molecule has 0 aromatic heterocycles. The number of benzene rings is 2. The SMILES string of the molecule is CN1CCN(CCCNC(=O)[C@@H]2CC(=O)N(c3ccccc3)C2)[C@H](c2ccccc2)C1. The van der Waals surface area contributed by atoms with Gasteiger partial charge in [-0.05, 0) is 31.2 Å². The molecule has 2 aromatic carbocycles. The van der Waals surface area contributed by atoms with Crippen molar-refractivity contribution in [2.45, 2.75) is 18.9 Å². The Morgan fingerprint density at radius 2 is 1.71 bits per heavy atom. The molecule has 2 amide bonds. The van der Waals surface area contributed by atoms with E-state index in [0.717, 1.165) is 38.3 Å². The normalized spacial score (nSPS) is 22.6. The van der Waals surface area contributed by atoms with Crippen LogP contribution in [0.15, 0.2) is 60.7 Å². The van der Waals surface area contributed by atoms with Gasteiger partial charge in [0, 0.05) is 57.4 Å². The first kappa shape index (κ1) is 21.5. The van der Waals surface area contributed by atoms with Gasteiger partial charge in [0.05, 0.1) is 5.92 Å². The van der Waals surface area contributed by atoms with Crippen LogP contribution in [0.25, 0.3) is 0 Å². The predicted molar refractivity (Wildman–Crippen MR) is 123 cm³/mol. The van der Waals surface area contributed by atoms with Crippen LogP contribution in [-0.4, -0.2) is 67.9 Å².